The highest BCUT2D eigenvalue weighted by Gasteiger charge is 2.25. The average molecular weight is 232 g/mol. The Morgan fingerprint density at radius 1 is 1.18 bits per heavy atom. The number of hydrogen-bond donors (Lipinski definition) is 0. The lowest BCUT2D eigenvalue weighted by Gasteiger charge is -2.35. The molecule has 0 saturated heterocycles. The van der Waals surface area contributed by atoms with E-state index in [1.54, 1.807) is 4.90 Å². The molecule has 0 atom stereocenters. The Balaban J connectivity index is 2.18. The van der Waals surface area contributed by atoms with Gasteiger partial charge < -0.3 is 9.80 Å². The maximum Gasteiger partial charge on any atom is 0.246 e. The minimum Gasteiger partial charge on any atom is -0.361 e. The van der Waals surface area contributed by atoms with E-state index in [4.69, 9.17) is 0 Å². The first kappa shape index (κ1) is 12.0. The fourth-order valence-corrected chi connectivity index (χ4v) is 2.26. The van der Waals surface area contributed by atoms with Crippen LogP contribution in [0.1, 0.15) is 26.2 Å². The highest BCUT2D eigenvalue weighted by molar-refractivity contribution is 6.02. The van der Waals surface area contributed by atoms with E-state index < -0.39 is 0 Å². The zero-order valence-electron chi connectivity index (χ0n) is 10.6. The van der Waals surface area contributed by atoms with E-state index in [2.05, 4.69) is 17.9 Å². The van der Waals surface area contributed by atoms with Crippen LogP contribution >= 0.6 is 0 Å². The fraction of sp³-hybridized carbons (Fsp3) is 0.500. The quantitative estimate of drug-likeness (QED) is 0.745. The number of rotatable bonds is 4. The van der Waals surface area contributed by atoms with Gasteiger partial charge in [0.1, 0.15) is 0 Å². The maximum atomic E-state index is 11.9. The molecule has 1 aliphatic heterocycles. The minimum absolute atomic E-state index is 0.181. The van der Waals surface area contributed by atoms with Crippen molar-refractivity contribution < 1.29 is 4.79 Å². The molecule has 0 saturated carbocycles. The molecule has 0 unspecified atom stereocenters. The molecule has 0 N–H and O–H groups in total. The van der Waals surface area contributed by atoms with E-state index in [1.807, 2.05) is 25.2 Å². The number of nitrogens with zero attached hydrogens (tertiary/aromatic N) is 2. The second-order valence-electron chi connectivity index (χ2n) is 4.57. The van der Waals surface area contributed by atoms with Crippen molar-refractivity contribution in [2.24, 2.45) is 0 Å². The molecule has 92 valence electrons. The molecule has 3 heteroatoms. The summed E-state index contributed by atoms with van der Waals surface area (Å²) in [6, 6.07) is 8.14. The Hall–Kier alpha value is -1.51. The van der Waals surface area contributed by atoms with Gasteiger partial charge in [-0.2, -0.15) is 0 Å². The number of amides is 1. The molecule has 0 fully saturated rings. The largest absolute Gasteiger partial charge is 0.361 e. The molecule has 1 aromatic carbocycles. The van der Waals surface area contributed by atoms with Crippen LogP contribution in [0.5, 0.6) is 0 Å². The third kappa shape index (κ3) is 2.43. The summed E-state index contributed by atoms with van der Waals surface area (Å²) in [5, 5.41) is 0. The number of fused-ring (bicyclic) bond motifs is 1. The molecular weight excluding hydrogens is 212 g/mol. The first-order valence-corrected chi connectivity index (χ1v) is 6.34. The number of likely N-dealkylation sites (N-methyl/N-ethyl adjacent to an activating group) is 1. The van der Waals surface area contributed by atoms with Crippen LogP contribution in [0, 0.1) is 0 Å². The summed E-state index contributed by atoms with van der Waals surface area (Å²) in [5.41, 5.74) is 2.21. The Kier molecular flexibility index (Phi) is 3.67. The van der Waals surface area contributed by atoms with Gasteiger partial charge in [-0.15, -0.1) is 0 Å². The molecule has 3 nitrogen and oxygen atoms in total. The first-order valence-electron chi connectivity index (χ1n) is 6.34. The van der Waals surface area contributed by atoms with Crippen molar-refractivity contribution in [1.82, 2.24) is 0 Å². The second kappa shape index (κ2) is 5.21. The van der Waals surface area contributed by atoms with E-state index in [0.717, 1.165) is 18.7 Å². The van der Waals surface area contributed by atoms with Crippen LogP contribution in [0.15, 0.2) is 24.3 Å². The number of unbranched alkanes of at least 4 members (excludes halogenated alkanes) is 2. The van der Waals surface area contributed by atoms with Gasteiger partial charge in [0.15, 0.2) is 0 Å². The molecule has 0 spiro atoms. The summed E-state index contributed by atoms with van der Waals surface area (Å²) in [4.78, 5) is 15.8. The highest BCUT2D eigenvalue weighted by Crippen LogP contribution is 2.32. The van der Waals surface area contributed by atoms with Crippen molar-refractivity contribution >= 4 is 17.3 Å². The number of anilines is 2. The number of carbonyl (C=O) groups excluding carboxylic acids is 1. The lowest BCUT2D eigenvalue weighted by molar-refractivity contribution is -0.117. The summed E-state index contributed by atoms with van der Waals surface area (Å²) >= 11 is 0. The summed E-state index contributed by atoms with van der Waals surface area (Å²) in [6.45, 7) is 3.69. The lowest BCUT2D eigenvalue weighted by atomic mass is 10.1. The van der Waals surface area contributed by atoms with Crippen molar-refractivity contribution in [2.75, 3.05) is 29.9 Å². The third-order valence-corrected chi connectivity index (χ3v) is 3.32. The predicted octanol–water partition coefficient (Wildman–Crippen LogP) is 2.66. The van der Waals surface area contributed by atoms with Crippen molar-refractivity contribution in [1.29, 1.82) is 0 Å². The second-order valence-corrected chi connectivity index (χ2v) is 4.57. The normalized spacial score (nSPS) is 15.1. The molecule has 0 aromatic heterocycles. The molecule has 0 aliphatic carbocycles. The number of para-hydroxylation sites is 2. The van der Waals surface area contributed by atoms with Crippen LogP contribution in [-0.4, -0.2) is 26.0 Å². The summed E-state index contributed by atoms with van der Waals surface area (Å²) in [6.07, 6.45) is 3.59. The van der Waals surface area contributed by atoms with Crippen molar-refractivity contribution in [3.05, 3.63) is 24.3 Å². The number of hydrogen-bond acceptors (Lipinski definition) is 2. The molecule has 17 heavy (non-hydrogen) atoms. The van der Waals surface area contributed by atoms with E-state index in [-0.39, 0.29) is 5.91 Å². The van der Waals surface area contributed by atoms with Crippen LogP contribution in [0.25, 0.3) is 0 Å². The molecule has 0 bridgehead atoms. The van der Waals surface area contributed by atoms with E-state index in [9.17, 15) is 4.79 Å². The van der Waals surface area contributed by atoms with Gasteiger partial charge in [0.05, 0.1) is 17.9 Å². The van der Waals surface area contributed by atoms with Gasteiger partial charge in [0.25, 0.3) is 0 Å². The van der Waals surface area contributed by atoms with Gasteiger partial charge >= 0.3 is 0 Å². The predicted molar refractivity (Wildman–Crippen MR) is 71.6 cm³/mol. The smallest absolute Gasteiger partial charge is 0.246 e. The molecule has 1 heterocycles. The third-order valence-electron chi connectivity index (χ3n) is 3.32. The Morgan fingerprint density at radius 3 is 2.59 bits per heavy atom. The average Bonchev–Trinajstić information content (AvgIpc) is 2.36. The monoisotopic (exact) mass is 232 g/mol. The molecule has 1 amide bonds. The summed E-state index contributed by atoms with van der Waals surface area (Å²) in [5.74, 6) is 0.181. The summed E-state index contributed by atoms with van der Waals surface area (Å²) in [7, 11) is 1.85. The van der Waals surface area contributed by atoms with Crippen LogP contribution in [-0.2, 0) is 4.79 Å². The van der Waals surface area contributed by atoms with Gasteiger partial charge in [-0.25, -0.2) is 0 Å². The van der Waals surface area contributed by atoms with Crippen molar-refractivity contribution in [3.63, 3.8) is 0 Å². The van der Waals surface area contributed by atoms with E-state index in [1.165, 1.54) is 18.5 Å². The van der Waals surface area contributed by atoms with E-state index >= 15 is 0 Å². The lowest BCUT2D eigenvalue weighted by Crippen LogP contribution is -2.44. The topological polar surface area (TPSA) is 23.6 Å². The van der Waals surface area contributed by atoms with Gasteiger partial charge in [0, 0.05) is 13.6 Å². The Labute approximate surface area is 103 Å². The molecule has 2 rings (SSSR count). The van der Waals surface area contributed by atoms with Crippen LogP contribution < -0.4 is 9.80 Å². The zero-order chi connectivity index (χ0) is 12.3. The first-order chi connectivity index (χ1) is 8.24. The van der Waals surface area contributed by atoms with E-state index in [0.29, 0.717) is 6.54 Å². The highest BCUT2D eigenvalue weighted by atomic mass is 16.2. The number of benzene rings is 1. The van der Waals surface area contributed by atoms with Crippen molar-refractivity contribution in [2.45, 2.75) is 26.2 Å². The van der Waals surface area contributed by atoms with Crippen LogP contribution in [0.4, 0.5) is 11.4 Å². The van der Waals surface area contributed by atoms with Crippen molar-refractivity contribution in [3.8, 4) is 0 Å². The standard InChI is InChI=1S/C14H20N2O/c1-3-4-7-10-16-11-14(17)15(2)12-8-5-6-9-13(12)16/h5-6,8-9H,3-4,7,10-11H2,1-2H3. The molecule has 1 aliphatic rings. The zero-order valence-corrected chi connectivity index (χ0v) is 10.6. The number of carbonyl (C=O) groups is 1. The van der Waals surface area contributed by atoms with Crippen LogP contribution in [0.3, 0.4) is 0 Å². The van der Waals surface area contributed by atoms with Gasteiger partial charge in [-0.3, -0.25) is 4.79 Å². The molecule has 0 radical (unpaired) electrons. The van der Waals surface area contributed by atoms with Crippen LogP contribution in [0.2, 0.25) is 0 Å². The maximum absolute atomic E-state index is 11.9. The van der Waals surface area contributed by atoms with Gasteiger partial charge in [-0.05, 0) is 18.6 Å². The fourth-order valence-electron chi connectivity index (χ4n) is 2.26. The Bertz CT molecular complexity index is 403. The Morgan fingerprint density at radius 2 is 1.88 bits per heavy atom. The summed E-state index contributed by atoms with van der Waals surface area (Å²) < 4.78 is 0. The molecule has 1 aromatic rings. The minimum atomic E-state index is 0.181. The van der Waals surface area contributed by atoms with Gasteiger partial charge in [-0.1, -0.05) is 31.9 Å². The molecular formula is C14H20N2O. The van der Waals surface area contributed by atoms with Gasteiger partial charge in [0.2, 0.25) is 5.91 Å². The SMILES string of the molecule is CCCCCN1CC(=O)N(C)c2ccccc21.